The molecule has 12 heterocycles. The van der Waals surface area contributed by atoms with Gasteiger partial charge in [0, 0.05) is 71.2 Å². The highest BCUT2D eigenvalue weighted by Crippen LogP contribution is 2.53. The van der Waals surface area contributed by atoms with Crippen molar-refractivity contribution < 1.29 is 0 Å². The zero-order valence-electron chi connectivity index (χ0n) is 75.1. The van der Waals surface area contributed by atoms with Gasteiger partial charge in [-0.15, -0.1) is 0 Å². The summed E-state index contributed by atoms with van der Waals surface area (Å²) in [5.74, 6) is 5.64. The average Bonchev–Trinajstić information content (AvgIpc) is 1.52. The molecular formula is C118H88N16. The third-order valence-corrected chi connectivity index (χ3v) is 27.7. The number of imidazole rings is 4. The fraction of sp³-hybridized carbons (Fsp3) is 0.102. The van der Waals surface area contributed by atoms with E-state index in [9.17, 15) is 0 Å². The number of benzene rings is 15. The van der Waals surface area contributed by atoms with Crippen LogP contribution in [0.2, 0.25) is 0 Å². The third-order valence-electron chi connectivity index (χ3n) is 27.7. The lowest BCUT2D eigenvalue weighted by molar-refractivity contribution is 0.629. The SMILES string of the molecule is CC1(C)c2cc(-c3ccc(-c4ccccc4)cc3)ccc2-n2c(-c3ncccn3)nc3cccc1c32.CC1(C)c2cc(-c3ccc4ccccc4c3)ccc2-n2c(-c3ncccn3)nc3cccc1c32.CC1(C)c2cc(-c3cccc4ccccc34)ccc2-n2c(-c3ncccn3)nc3cccc1c32.CC1(C)c2cc(-c3ccccc3)ccc2-n2c(-c3ncccn3)nc3cccc1c32. The highest BCUT2D eigenvalue weighted by molar-refractivity contribution is 5.99. The van der Waals surface area contributed by atoms with E-state index in [-0.39, 0.29) is 21.7 Å². The largest absolute Gasteiger partial charge is 0.289 e. The Morgan fingerprint density at radius 3 is 0.821 bits per heavy atom. The van der Waals surface area contributed by atoms with Crippen LogP contribution < -0.4 is 0 Å². The standard InChI is InChI=1S/C32H24N4.2C30H22N4.C26H20N4/c1-32(2)25-10-6-11-27-29(25)36(31(35-27)30-33-18-7-19-34-30)28-17-16-24(20-26(28)32)23-14-12-22(13-15-23)21-8-4-3-5-9-21;1-30(2)23-12-6-13-25-27(23)34(29(33-25)28-31-16-7-17-32-28)26-15-14-20(18-24(26)30)22-11-5-9-19-8-3-4-10-21(19)22;1-30(2)23-9-5-10-25-27(23)34(29(33-25)28-31-15-6-16-32-28)26-14-13-22(18-24(26)30)21-12-11-19-7-3-4-8-20(19)17-21;1-26(2)19-10-6-11-21-23(19)30(25(29-21)24-27-14-7-15-28-24)22-13-12-18(16-20(22)26)17-8-4-3-5-9-17/h3-20H,1-2H3;2*3-18H,1-2H3;3-16H,1-2H3. The molecule has 15 aromatic carbocycles. The smallest absolute Gasteiger partial charge is 0.196 e. The summed E-state index contributed by atoms with van der Waals surface area (Å²) in [4.78, 5) is 55.9. The van der Waals surface area contributed by atoms with Gasteiger partial charge in [0.2, 0.25) is 0 Å². The van der Waals surface area contributed by atoms with Gasteiger partial charge in [0.05, 0.1) is 66.9 Å². The Morgan fingerprint density at radius 2 is 0.448 bits per heavy atom. The topological polar surface area (TPSA) is 174 Å². The Labute approximate surface area is 774 Å². The van der Waals surface area contributed by atoms with Crippen LogP contribution in [0.25, 0.3) is 191 Å². The highest BCUT2D eigenvalue weighted by atomic mass is 15.2. The van der Waals surface area contributed by atoms with Crippen LogP contribution in [0.5, 0.6) is 0 Å². The van der Waals surface area contributed by atoms with Crippen molar-refractivity contribution >= 4 is 65.7 Å². The summed E-state index contributed by atoms with van der Waals surface area (Å²) in [6, 6.07) is 120. The van der Waals surface area contributed by atoms with Gasteiger partial charge >= 0.3 is 0 Å². The predicted molar refractivity (Wildman–Crippen MR) is 539 cm³/mol. The van der Waals surface area contributed by atoms with E-state index < -0.39 is 0 Å². The Kier molecular flexibility index (Phi) is 18.8. The van der Waals surface area contributed by atoms with Crippen molar-refractivity contribution in [2.24, 2.45) is 0 Å². The molecule has 0 saturated heterocycles. The lowest BCUT2D eigenvalue weighted by Gasteiger charge is -2.35. The molecule has 0 bridgehead atoms. The van der Waals surface area contributed by atoms with Gasteiger partial charge in [-0.05, 0) is 225 Å². The highest BCUT2D eigenvalue weighted by Gasteiger charge is 2.42. The zero-order valence-corrected chi connectivity index (χ0v) is 75.1. The lowest BCUT2D eigenvalue weighted by atomic mass is 9.74. The molecule has 640 valence electrons. The number of fused-ring (bicyclic) bond motifs is 10. The monoisotopic (exact) mass is 1730 g/mol. The molecule has 23 aromatic rings. The molecular weight excluding hydrogens is 1640 g/mol. The van der Waals surface area contributed by atoms with Gasteiger partial charge in [-0.1, -0.05) is 292 Å². The second-order valence-corrected chi connectivity index (χ2v) is 36.9. The first-order valence-corrected chi connectivity index (χ1v) is 45.5. The van der Waals surface area contributed by atoms with Crippen molar-refractivity contribution in [1.29, 1.82) is 0 Å². The summed E-state index contributed by atoms with van der Waals surface area (Å²) in [5.41, 5.74) is 34.7. The van der Waals surface area contributed by atoms with Crippen molar-refractivity contribution in [3.8, 4) is 125 Å². The molecule has 0 unspecified atom stereocenters. The Hall–Kier alpha value is -17.0. The zero-order chi connectivity index (χ0) is 90.3. The van der Waals surface area contributed by atoms with E-state index in [1.165, 1.54) is 122 Å². The molecule has 0 atom stereocenters. The maximum absolute atomic E-state index is 4.98. The van der Waals surface area contributed by atoms with Crippen LogP contribution in [0.4, 0.5) is 0 Å². The van der Waals surface area contributed by atoms with Crippen molar-refractivity contribution in [3.05, 3.63) is 434 Å². The number of para-hydroxylation sites is 4. The average molecular weight is 1730 g/mol. The number of nitrogens with zero attached hydrogens (tertiary/aromatic N) is 16. The van der Waals surface area contributed by atoms with Crippen LogP contribution in [-0.2, 0) is 21.7 Å². The van der Waals surface area contributed by atoms with E-state index in [1.807, 2.05) is 30.3 Å². The molecule has 0 aliphatic carbocycles. The maximum Gasteiger partial charge on any atom is 0.196 e. The van der Waals surface area contributed by atoms with Gasteiger partial charge in [-0.25, -0.2) is 59.8 Å². The molecule has 134 heavy (non-hydrogen) atoms. The first-order chi connectivity index (χ1) is 65.5. The molecule has 27 rings (SSSR count). The minimum Gasteiger partial charge on any atom is -0.289 e. The molecule has 4 aliphatic rings. The molecule has 4 aliphatic heterocycles. The van der Waals surface area contributed by atoms with Crippen LogP contribution in [0.1, 0.15) is 99.9 Å². The molecule has 16 nitrogen and oxygen atoms in total. The summed E-state index contributed by atoms with van der Waals surface area (Å²) in [6.07, 6.45) is 14.2. The number of rotatable bonds is 9. The summed E-state index contributed by atoms with van der Waals surface area (Å²) >= 11 is 0. The van der Waals surface area contributed by atoms with Gasteiger partial charge < -0.3 is 0 Å². The van der Waals surface area contributed by atoms with Crippen molar-refractivity contribution in [1.82, 2.24) is 78.1 Å². The second kappa shape index (κ2) is 31.4. The van der Waals surface area contributed by atoms with Crippen molar-refractivity contribution in [3.63, 3.8) is 0 Å². The van der Waals surface area contributed by atoms with Gasteiger partial charge in [-0.3, -0.25) is 18.3 Å². The molecule has 0 fully saturated rings. The number of hydrogen-bond donors (Lipinski definition) is 0. The van der Waals surface area contributed by atoms with Crippen molar-refractivity contribution in [2.75, 3.05) is 0 Å². The molecule has 8 aromatic heterocycles. The fourth-order valence-electron chi connectivity index (χ4n) is 20.9. The summed E-state index contributed by atoms with van der Waals surface area (Å²) in [6.45, 7) is 18.4. The molecule has 0 saturated carbocycles. The van der Waals surface area contributed by atoms with E-state index in [1.54, 1.807) is 49.6 Å². The van der Waals surface area contributed by atoms with Gasteiger partial charge in [-0.2, -0.15) is 0 Å². The summed E-state index contributed by atoms with van der Waals surface area (Å²) in [5, 5.41) is 5.03. The normalized spacial score (nSPS) is 13.8. The summed E-state index contributed by atoms with van der Waals surface area (Å²) in [7, 11) is 0. The minimum atomic E-state index is -0.181. The molecule has 0 spiro atoms. The Bertz CT molecular complexity index is 8580. The predicted octanol–water partition coefficient (Wildman–Crippen LogP) is 27.1. The van der Waals surface area contributed by atoms with E-state index >= 15 is 0 Å². The van der Waals surface area contributed by atoms with Crippen LogP contribution in [0.15, 0.2) is 389 Å². The van der Waals surface area contributed by atoms with E-state index in [4.69, 9.17) is 19.9 Å². The molecule has 0 N–H and O–H groups in total. The van der Waals surface area contributed by atoms with Crippen LogP contribution in [-0.4, -0.2) is 78.1 Å². The van der Waals surface area contributed by atoms with Gasteiger partial charge in [0.25, 0.3) is 0 Å². The van der Waals surface area contributed by atoms with Crippen LogP contribution >= 0.6 is 0 Å². The van der Waals surface area contributed by atoms with Crippen LogP contribution in [0, 0.1) is 0 Å². The number of aromatic nitrogens is 16. The third kappa shape index (κ3) is 13.1. The molecule has 0 amide bonds. The quantitative estimate of drug-likeness (QED) is 0.134. The minimum absolute atomic E-state index is 0.148. The second-order valence-electron chi connectivity index (χ2n) is 36.9. The van der Waals surface area contributed by atoms with Crippen molar-refractivity contribution in [2.45, 2.75) is 77.0 Å². The Morgan fingerprint density at radius 1 is 0.187 bits per heavy atom. The number of hydrogen-bond acceptors (Lipinski definition) is 12. The van der Waals surface area contributed by atoms with Gasteiger partial charge in [0.1, 0.15) is 0 Å². The Balaban J connectivity index is 0.0000000983. The first kappa shape index (κ1) is 80.3. The lowest BCUT2D eigenvalue weighted by Crippen LogP contribution is -2.26. The fourth-order valence-corrected chi connectivity index (χ4v) is 20.9. The van der Waals surface area contributed by atoms with E-state index in [0.29, 0.717) is 23.3 Å². The van der Waals surface area contributed by atoms with Gasteiger partial charge in [0.15, 0.2) is 46.6 Å². The van der Waals surface area contributed by atoms with E-state index in [0.717, 1.165) is 90.2 Å². The molecule has 0 radical (unpaired) electrons. The van der Waals surface area contributed by atoms with E-state index in [2.05, 4.69) is 423 Å². The maximum atomic E-state index is 4.98. The summed E-state index contributed by atoms with van der Waals surface area (Å²) < 4.78 is 8.95. The van der Waals surface area contributed by atoms with Crippen LogP contribution in [0.3, 0.4) is 0 Å². The first-order valence-electron chi connectivity index (χ1n) is 45.5. The molecule has 16 heteroatoms.